The molecule has 1 aliphatic rings. The highest BCUT2D eigenvalue weighted by molar-refractivity contribution is 5.89. The maximum Gasteiger partial charge on any atom is 0.337 e. The number of nitrogen functional groups attached to an aromatic ring is 1. The van der Waals surface area contributed by atoms with Gasteiger partial charge in [0.25, 0.3) is 5.92 Å². The van der Waals surface area contributed by atoms with Gasteiger partial charge < -0.3 is 15.4 Å². The molecule has 0 spiro atoms. The van der Waals surface area contributed by atoms with Crippen LogP contribution < -0.4 is 10.6 Å². The molecule has 7 heteroatoms. The standard InChI is InChI=1S/C19H21F2N3O2/c1-26-18(25)13-2-4-14(5-3-13)19(20,21)15-8-10-24(11-9-15)16-6-7-17(22)23-12-16/h2-7,12,15H,8-11H2,1H3,(H2,22,23). The molecular formula is C19H21F2N3O2. The van der Waals surface area contributed by atoms with Crippen molar-refractivity contribution in [3.8, 4) is 0 Å². The number of hydrogen-bond acceptors (Lipinski definition) is 5. The molecule has 2 aromatic rings. The molecule has 0 bridgehead atoms. The van der Waals surface area contributed by atoms with Gasteiger partial charge in [-0.1, -0.05) is 12.1 Å². The van der Waals surface area contributed by atoms with Crippen LogP contribution in [-0.4, -0.2) is 31.2 Å². The summed E-state index contributed by atoms with van der Waals surface area (Å²) in [6.07, 6.45) is 2.41. The van der Waals surface area contributed by atoms with Gasteiger partial charge in [-0.3, -0.25) is 0 Å². The first-order valence-corrected chi connectivity index (χ1v) is 8.45. The highest BCUT2D eigenvalue weighted by atomic mass is 19.3. The number of piperidine rings is 1. The Morgan fingerprint density at radius 2 is 1.85 bits per heavy atom. The van der Waals surface area contributed by atoms with Crippen LogP contribution >= 0.6 is 0 Å². The zero-order valence-electron chi connectivity index (χ0n) is 14.5. The van der Waals surface area contributed by atoms with Gasteiger partial charge in [-0.2, -0.15) is 0 Å². The molecule has 1 aliphatic heterocycles. The van der Waals surface area contributed by atoms with Crippen LogP contribution in [0.1, 0.15) is 28.8 Å². The van der Waals surface area contributed by atoms with E-state index in [1.807, 2.05) is 11.0 Å². The van der Waals surface area contributed by atoms with E-state index in [4.69, 9.17) is 5.73 Å². The molecule has 3 rings (SSSR count). The molecule has 0 saturated carbocycles. The third-order valence-electron chi connectivity index (χ3n) is 4.83. The maximum atomic E-state index is 14.9. The lowest BCUT2D eigenvalue weighted by atomic mass is 9.86. The van der Waals surface area contributed by atoms with E-state index in [-0.39, 0.29) is 11.1 Å². The summed E-state index contributed by atoms with van der Waals surface area (Å²) in [6.45, 7) is 1.07. The fourth-order valence-electron chi connectivity index (χ4n) is 3.27. The van der Waals surface area contributed by atoms with E-state index in [9.17, 15) is 13.6 Å². The van der Waals surface area contributed by atoms with Gasteiger partial charge in [0.15, 0.2) is 0 Å². The normalized spacial score (nSPS) is 15.7. The highest BCUT2D eigenvalue weighted by Gasteiger charge is 2.42. The SMILES string of the molecule is COC(=O)c1ccc(C(F)(F)C2CCN(c3ccc(N)nc3)CC2)cc1. The van der Waals surface area contributed by atoms with Crippen LogP contribution in [0.2, 0.25) is 0 Å². The van der Waals surface area contributed by atoms with E-state index in [0.717, 1.165) is 5.69 Å². The van der Waals surface area contributed by atoms with Gasteiger partial charge in [0.1, 0.15) is 5.82 Å². The molecule has 0 radical (unpaired) electrons. The largest absolute Gasteiger partial charge is 0.465 e. The Bertz CT molecular complexity index is 755. The second kappa shape index (κ2) is 7.27. The summed E-state index contributed by atoms with van der Waals surface area (Å²) in [5.74, 6) is -3.79. The topological polar surface area (TPSA) is 68.5 Å². The Balaban J connectivity index is 1.67. The van der Waals surface area contributed by atoms with Gasteiger partial charge in [0, 0.05) is 24.6 Å². The van der Waals surface area contributed by atoms with Gasteiger partial charge in [-0.05, 0) is 37.1 Å². The Labute approximate surface area is 150 Å². The van der Waals surface area contributed by atoms with Gasteiger partial charge in [-0.25, -0.2) is 18.6 Å². The lowest BCUT2D eigenvalue weighted by Gasteiger charge is -2.37. The minimum atomic E-state index is -2.94. The number of nitrogens with zero attached hydrogens (tertiary/aromatic N) is 2. The summed E-state index contributed by atoms with van der Waals surface area (Å²) >= 11 is 0. The first kappa shape index (κ1) is 18.1. The van der Waals surface area contributed by atoms with Crippen molar-refractivity contribution in [1.29, 1.82) is 0 Å². The Morgan fingerprint density at radius 1 is 1.19 bits per heavy atom. The number of esters is 1. The molecule has 1 aromatic heterocycles. The number of carbonyl (C=O) groups is 1. The Morgan fingerprint density at radius 3 is 2.38 bits per heavy atom. The molecule has 0 amide bonds. The molecule has 26 heavy (non-hydrogen) atoms. The number of aromatic nitrogens is 1. The van der Waals surface area contributed by atoms with E-state index in [2.05, 4.69) is 9.72 Å². The number of alkyl halides is 2. The van der Waals surface area contributed by atoms with Crippen molar-refractivity contribution in [2.24, 2.45) is 5.92 Å². The first-order chi connectivity index (χ1) is 12.4. The van der Waals surface area contributed by atoms with Crippen molar-refractivity contribution < 1.29 is 18.3 Å². The summed E-state index contributed by atoms with van der Waals surface area (Å²) in [5, 5.41) is 0. The number of carbonyl (C=O) groups excluding carboxylic acids is 1. The van der Waals surface area contributed by atoms with Gasteiger partial charge >= 0.3 is 5.97 Å². The number of rotatable bonds is 4. The van der Waals surface area contributed by atoms with Crippen molar-refractivity contribution in [3.05, 3.63) is 53.7 Å². The molecule has 138 valence electrons. The predicted octanol–water partition coefficient (Wildman–Crippen LogP) is 3.46. The van der Waals surface area contributed by atoms with Crippen molar-refractivity contribution in [1.82, 2.24) is 4.98 Å². The minimum Gasteiger partial charge on any atom is -0.465 e. The number of benzene rings is 1. The Kier molecular flexibility index (Phi) is 5.06. The quantitative estimate of drug-likeness (QED) is 0.845. The number of pyridine rings is 1. The molecule has 2 N–H and O–H groups in total. The summed E-state index contributed by atoms with van der Waals surface area (Å²) in [5.41, 5.74) is 6.66. The number of halogens is 2. The van der Waals surface area contributed by atoms with Crippen LogP contribution in [0, 0.1) is 5.92 Å². The third-order valence-corrected chi connectivity index (χ3v) is 4.83. The monoisotopic (exact) mass is 361 g/mol. The molecule has 5 nitrogen and oxygen atoms in total. The summed E-state index contributed by atoms with van der Waals surface area (Å²) in [4.78, 5) is 17.5. The van der Waals surface area contributed by atoms with E-state index >= 15 is 0 Å². The molecular weight excluding hydrogens is 340 g/mol. The number of hydrogen-bond donors (Lipinski definition) is 1. The predicted molar refractivity (Wildman–Crippen MR) is 95.3 cm³/mol. The average molecular weight is 361 g/mol. The van der Waals surface area contributed by atoms with Crippen LogP contribution in [0.3, 0.4) is 0 Å². The molecule has 0 unspecified atom stereocenters. The number of anilines is 2. The van der Waals surface area contributed by atoms with Crippen molar-refractivity contribution in [3.63, 3.8) is 0 Å². The van der Waals surface area contributed by atoms with Crippen LogP contribution in [-0.2, 0) is 10.7 Å². The van der Waals surface area contributed by atoms with Crippen LogP contribution in [0.5, 0.6) is 0 Å². The highest BCUT2D eigenvalue weighted by Crippen LogP contribution is 2.42. The van der Waals surface area contributed by atoms with E-state index in [1.54, 1.807) is 12.3 Å². The lowest BCUT2D eigenvalue weighted by molar-refractivity contribution is -0.0734. The maximum absolute atomic E-state index is 14.9. The summed E-state index contributed by atoms with van der Waals surface area (Å²) < 4.78 is 34.3. The number of methoxy groups -OCH3 is 1. The Hall–Kier alpha value is -2.70. The van der Waals surface area contributed by atoms with Crippen LogP contribution in [0.15, 0.2) is 42.6 Å². The van der Waals surface area contributed by atoms with Gasteiger partial charge in [0.2, 0.25) is 0 Å². The number of ether oxygens (including phenoxy) is 1. The van der Waals surface area contributed by atoms with Crippen molar-refractivity contribution >= 4 is 17.5 Å². The van der Waals surface area contributed by atoms with E-state index in [1.165, 1.54) is 31.4 Å². The zero-order valence-corrected chi connectivity index (χ0v) is 14.5. The van der Waals surface area contributed by atoms with Gasteiger partial charge in [0.05, 0.1) is 24.6 Å². The minimum absolute atomic E-state index is 0.0715. The second-order valence-electron chi connectivity index (χ2n) is 6.39. The van der Waals surface area contributed by atoms with Crippen molar-refractivity contribution in [2.75, 3.05) is 30.8 Å². The number of nitrogens with two attached hydrogens (primary N) is 1. The van der Waals surface area contributed by atoms with E-state index in [0.29, 0.717) is 31.7 Å². The first-order valence-electron chi connectivity index (χ1n) is 8.45. The summed E-state index contributed by atoms with van der Waals surface area (Å²) in [7, 11) is 1.26. The second-order valence-corrected chi connectivity index (χ2v) is 6.39. The molecule has 1 fully saturated rings. The molecule has 0 atom stereocenters. The van der Waals surface area contributed by atoms with Crippen molar-refractivity contribution in [2.45, 2.75) is 18.8 Å². The zero-order chi connectivity index (χ0) is 18.7. The lowest BCUT2D eigenvalue weighted by Crippen LogP contribution is -2.39. The third kappa shape index (κ3) is 3.61. The molecule has 2 heterocycles. The molecule has 1 aromatic carbocycles. The van der Waals surface area contributed by atoms with Crippen LogP contribution in [0.25, 0.3) is 0 Å². The fourth-order valence-corrected chi connectivity index (χ4v) is 3.27. The summed E-state index contributed by atoms with van der Waals surface area (Å²) in [6, 6.07) is 8.94. The van der Waals surface area contributed by atoms with E-state index < -0.39 is 17.8 Å². The molecule has 1 saturated heterocycles. The smallest absolute Gasteiger partial charge is 0.337 e. The fraction of sp³-hybridized carbons (Fsp3) is 0.368. The van der Waals surface area contributed by atoms with Crippen LogP contribution in [0.4, 0.5) is 20.3 Å². The van der Waals surface area contributed by atoms with Gasteiger partial charge in [-0.15, -0.1) is 0 Å². The molecule has 0 aliphatic carbocycles. The average Bonchev–Trinajstić information content (AvgIpc) is 2.68.